The Hall–Kier alpha value is -6.03. The van der Waals surface area contributed by atoms with Gasteiger partial charge in [-0.15, -0.1) is 35.2 Å². The largest absolute Gasteiger partial charge is 0.510 e. The fraction of sp³-hybridized carbons (Fsp3) is 0.241. The second kappa shape index (κ2) is 16.8. The van der Waals surface area contributed by atoms with Gasteiger partial charge in [0.15, 0.2) is 0 Å². The third-order valence-electron chi connectivity index (χ3n) is 12.7. The number of hydrogen-bond donors (Lipinski definition) is 0. The molecule has 0 amide bonds. The number of pyridine rings is 1. The van der Waals surface area contributed by atoms with Crippen molar-refractivity contribution in [2.24, 2.45) is 0 Å². The van der Waals surface area contributed by atoms with E-state index in [4.69, 9.17) is 9.72 Å². The van der Waals surface area contributed by atoms with Gasteiger partial charge in [0.05, 0.1) is 11.4 Å². The molecule has 0 atom stereocenters. The van der Waals surface area contributed by atoms with Crippen molar-refractivity contribution in [2.45, 2.75) is 90.9 Å². The van der Waals surface area contributed by atoms with E-state index in [0.717, 1.165) is 50.3 Å². The van der Waals surface area contributed by atoms with Crippen LogP contribution in [0.2, 0.25) is 0 Å². The maximum Gasteiger partial charge on any atom is 0.267 e. The van der Waals surface area contributed by atoms with Crippen LogP contribution >= 0.6 is 0 Å². The van der Waals surface area contributed by atoms with Gasteiger partial charge in [0.2, 0.25) is 0 Å². The fourth-order valence-corrected chi connectivity index (χ4v) is 8.67. The van der Waals surface area contributed by atoms with Crippen molar-refractivity contribution < 1.29 is 30.4 Å². The van der Waals surface area contributed by atoms with Gasteiger partial charge < -0.3 is 13.9 Å². The standard InChI is InChI=1S/C58H56N4O.Pt/c1-55(2,3)42-30-31-59-54(35-42)62-51-27-18-17-26-49(51)50-29-28-47(37-52(50)62)63-48-34-44(58(9,10)41-22-15-12-16-23-41)33-46(36-48)60-38-53(56(4,5)6)61(39-60)45-25-19-24-43(32-45)57(7,8)40-20-13-11-14-21-40;/h11-35,38H,1-10H3;/q-2;. The van der Waals surface area contributed by atoms with E-state index in [1.165, 1.54) is 22.3 Å². The van der Waals surface area contributed by atoms with Crippen LogP contribution in [0.5, 0.6) is 11.5 Å². The van der Waals surface area contributed by atoms with Crippen molar-refractivity contribution in [2.75, 3.05) is 0 Å². The maximum atomic E-state index is 6.89. The van der Waals surface area contributed by atoms with Crippen LogP contribution in [0, 0.1) is 18.5 Å². The first-order chi connectivity index (χ1) is 30.0. The summed E-state index contributed by atoms with van der Waals surface area (Å²) in [5, 5.41) is 2.22. The topological polar surface area (TPSA) is 35.9 Å². The second-order valence-electron chi connectivity index (χ2n) is 19.9. The molecule has 0 saturated carbocycles. The molecule has 9 aromatic rings. The Morgan fingerprint density at radius 1 is 0.531 bits per heavy atom. The van der Waals surface area contributed by atoms with Gasteiger partial charge in [0.25, 0.3) is 6.33 Å². The molecule has 0 aliphatic carbocycles. The molecule has 6 heteroatoms. The van der Waals surface area contributed by atoms with Crippen LogP contribution in [0.15, 0.2) is 158 Å². The molecular weight excluding hydrogens is 964 g/mol. The molecule has 0 N–H and O–H groups in total. The minimum Gasteiger partial charge on any atom is -0.510 e. The summed E-state index contributed by atoms with van der Waals surface area (Å²) in [6.45, 7) is 22.6. The zero-order valence-electron chi connectivity index (χ0n) is 38.5. The van der Waals surface area contributed by atoms with E-state index >= 15 is 0 Å². The number of aromatic nitrogens is 4. The Kier molecular flexibility index (Phi) is 11.7. The predicted octanol–water partition coefficient (Wildman–Crippen LogP) is 13.7. The van der Waals surface area contributed by atoms with Crippen molar-refractivity contribution >= 4 is 21.8 Å². The zero-order valence-corrected chi connectivity index (χ0v) is 40.8. The average molecular weight is 1020 g/mol. The van der Waals surface area contributed by atoms with Crippen molar-refractivity contribution in [1.82, 2.24) is 14.1 Å². The van der Waals surface area contributed by atoms with Gasteiger partial charge in [-0.25, -0.2) is 4.98 Å². The van der Waals surface area contributed by atoms with Gasteiger partial charge in [-0.2, -0.15) is 12.1 Å². The van der Waals surface area contributed by atoms with Crippen molar-refractivity contribution in [3.63, 3.8) is 0 Å². The summed E-state index contributed by atoms with van der Waals surface area (Å²) in [4.78, 5) is 4.89. The molecule has 9 rings (SSSR count). The Labute approximate surface area is 393 Å². The molecule has 0 aliphatic heterocycles. The third-order valence-corrected chi connectivity index (χ3v) is 12.7. The summed E-state index contributed by atoms with van der Waals surface area (Å²) < 4.78 is 13.4. The minimum atomic E-state index is -0.361. The van der Waals surface area contributed by atoms with Crippen LogP contribution in [-0.2, 0) is 42.7 Å². The molecule has 64 heavy (non-hydrogen) atoms. The van der Waals surface area contributed by atoms with Crippen LogP contribution < -0.4 is 9.30 Å². The second-order valence-corrected chi connectivity index (χ2v) is 19.9. The predicted molar refractivity (Wildman–Crippen MR) is 257 cm³/mol. The molecule has 6 aromatic carbocycles. The van der Waals surface area contributed by atoms with Gasteiger partial charge in [-0.1, -0.05) is 166 Å². The van der Waals surface area contributed by atoms with E-state index in [0.29, 0.717) is 11.5 Å². The zero-order chi connectivity index (χ0) is 44.3. The Balaban J connectivity index is 0.00000560. The molecule has 0 unspecified atom stereocenters. The minimum absolute atomic E-state index is 0. The number of hydrogen-bond acceptors (Lipinski definition) is 2. The van der Waals surface area contributed by atoms with Crippen LogP contribution in [0.25, 0.3) is 39.0 Å². The van der Waals surface area contributed by atoms with Crippen molar-refractivity contribution in [3.05, 3.63) is 210 Å². The Bertz CT molecular complexity index is 3110. The summed E-state index contributed by atoms with van der Waals surface area (Å²) in [6.07, 6.45) is 7.86. The van der Waals surface area contributed by atoms with E-state index in [9.17, 15) is 0 Å². The van der Waals surface area contributed by atoms with E-state index in [2.05, 4.69) is 247 Å². The number of rotatable bonds is 9. The van der Waals surface area contributed by atoms with Gasteiger partial charge in [0.1, 0.15) is 5.82 Å². The molecule has 326 valence electrons. The number of nitrogens with zero attached hydrogens (tertiary/aromatic N) is 4. The SMILES string of the molecule is CC(C)(C)c1ccnc(-n2c3[c-]c(Oc4[c-]c(-n5[c-][n+](-c6cccc(C(C)(C)c7ccccc7)c6)c(C(C)(C)C)c5)cc(C(C)(C)c5ccccc5)c4)ccc3c3ccccc32)c1.[Pt]. The van der Waals surface area contributed by atoms with Crippen LogP contribution in [0.1, 0.15) is 103 Å². The molecule has 3 aromatic heterocycles. The summed E-state index contributed by atoms with van der Waals surface area (Å²) in [6, 6.07) is 58.9. The Morgan fingerprint density at radius 3 is 1.84 bits per heavy atom. The van der Waals surface area contributed by atoms with E-state index in [-0.39, 0.29) is 42.7 Å². The van der Waals surface area contributed by atoms with E-state index < -0.39 is 0 Å². The summed E-state index contributed by atoms with van der Waals surface area (Å²) in [5.41, 5.74) is 10.2. The van der Waals surface area contributed by atoms with Crippen LogP contribution in [0.3, 0.4) is 0 Å². The summed E-state index contributed by atoms with van der Waals surface area (Å²) >= 11 is 0. The maximum absolute atomic E-state index is 6.89. The summed E-state index contributed by atoms with van der Waals surface area (Å²) in [7, 11) is 0. The molecule has 0 fully saturated rings. The Morgan fingerprint density at radius 2 is 1.17 bits per heavy atom. The quantitative estimate of drug-likeness (QED) is 0.107. The van der Waals surface area contributed by atoms with Gasteiger partial charge >= 0.3 is 0 Å². The smallest absolute Gasteiger partial charge is 0.267 e. The average Bonchev–Trinajstić information content (AvgIpc) is 3.88. The molecule has 0 saturated heterocycles. The van der Waals surface area contributed by atoms with Gasteiger partial charge in [-0.3, -0.25) is 4.57 Å². The first-order valence-electron chi connectivity index (χ1n) is 22.0. The molecule has 0 bridgehead atoms. The molecule has 0 spiro atoms. The number of fused-ring (bicyclic) bond motifs is 3. The van der Waals surface area contributed by atoms with E-state index in [1.807, 2.05) is 12.3 Å². The normalized spacial score (nSPS) is 12.4. The first-order valence-corrected chi connectivity index (χ1v) is 22.0. The van der Waals surface area contributed by atoms with Gasteiger partial charge in [-0.05, 0) is 79.9 Å². The number of imidazole rings is 1. The monoisotopic (exact) mass is 1020 g/mol. The summed E-state index contributed by atoms with van der Waals surface area (Å²) in [5.74, 6) is 2.04. The number of benzene rings is 6. The van der Waals surface area contributed by atoms with Crippen molar-refractivity contribution in [1.29, 1.82) is 0 Å². The van der Waals surface area contributed by atoms with Crippen molar-refractivity contribution in [3.8, 4) is 28.7 Å². The van der Waals surface area contributed by atoms with Crippen LogP contribution in [0.4, 0.5) is 0 Å². The molecular formula is C58H56N4OPt-2. The van der Waals surface area contributed by atoms with Gasteiger partial charge in [0, 0.05) is 55.9 Å². The molecule has 3 heterocycles. The molecule has 0 aliphatic rings. The first kappa shape index (κ1) is 44.6. The number of para-hydroxylation sites is 1. The van der Waals surface area contributed by atoms with Crippen LogP contribution in [-0.4, -0.2) is 14.1 Å². The molecule has 5 nitrogen and oxygen atoms in total. The third kappa shape index (κ3) is 8.39. The number of ether oxygens (including phenoxy) is 1. The fourth-order valence-electron chi connectivity index (χ4n) is 8.67. The van der Waals surface area contributed by atoms with E-state index in [1.54, 1.807) is 0 Å². The molecule has 0 radical (unpaired) electrons.